The Morgan fingerprint density at radius 2 is 2.00 bits per heavy atom. The number of quaternary nitrogens is 1. The lowest BCUT2D eigenvalue weighted by atomic mass is 10.6. The predicted molar refractivity (Wildman–Crippen MR) is 29.0 cm³/mol. The van der Waals surface area contributed by atoms with Crippen molar-refractivity contribution in [2.24, 2.45) is 0 Å². The summed E-state index contributed by atoms with van der Waals surface area (Å²) < 4.78 is -0.0243. The van der Waals surface area contributed by atoms with E-state index < -0.39 is 0 Å². The standard InChI is InChI=1S/C5H12NO.ClH/c1-4-5-6(2,3)7;/h4,7H,1,5H2,2-3H3;1H/q+1;/p-1. The highest BCUT2D eigenvalue weighted by Gasteiger charge is 2.03. The maximum Gasteiger partial charge on any atom is 0.126 e. The van der Waals surface area contributed by atoms with Gasteiger partial charge in [0, 0.05) is 0 Å². The number of hydrogen-bond acceptors (Lipinski definition) is 1. The molecule has 0 aliphatic rings. The Morgan fingerprint density at radius 3 is 2.00 bits per heavy atom. The van der Waals surface area contributed by atoms with E-state index in [1.54, 1.807) is 20.2 Å². The van der Waals surface area contributed by atoms with E-state index >= 15 is 0 Å². The fraction of sp³-hybridized carbons (Fsp3) is 0.600. The van der Waals surface area contributed by atoms with Crippen LogP contribution >= 0.6 is 0 Å². The van der Waals surface area contributed by atoms with Gasteiger partial charge in [0.25, 0.3) is 0 Å². The van der Waals surface area contributed by atoms with E-state index in [0.717, 1.165) is 0 Å². The third kappa shape index (κ3) is 9.34. The van der Waals surface area contributed by atoms with Crippen LogP contribution in [0.25, 0.3) is 0 Å². The Labute approximate surface area is 56.4 Å². The Morgan fingerprint density at radius 1 is 1.62 bits per heavy atom. The minimum Gasteiger partial charge on any atom is -1.00 e. The lowest BCUT2D eigenvalue weighted by Gasteiger charge is -2.16. The minimum absolute atomic E-state index is 0. The summed E-state index contributed by atoms with van der Waals surface area (Å²) in [6.45, 7) is 4.07. The topological polar surface area (TPSA) is 20.2 Å². The van der Waals surface area contributed by atoms with E-state index in [0.29, 0.717) is 6.54 Å². The van der Waals surface area contributed by atoms with Gasteiger partial charge < -0.3 is 12.4 Å². The van der Waals surface area contributed by atoms with Crippen molar-refractivity contribution in [3.63, 3.8) is 0 Å². The third-order valence-corrected chi connectivity index (χ3v) is 0.576. The van der Waals surface area contributed by atoms with E-state index in [1.807, 2.05) is 0 Å². The number of halogens is 1. The fourth-order valence-corrected chi connectivity index (χ4v) is 0.316. The van der Waals surface area contributed by atoms with Crippen LogP contribution in [0.4, 0.5) is 0 Å². The quantitative estimate of drug-likeness (QED) is 0.257. The van der Waals surface area contributed by atoms with Crippen molar-refractivity contribution >= 4 is 0 Å². The Bertz CT molecular complexity index is 67.3. The van der Waals surface area contributed by atoms with Crippen LogP contribution in [0, 0.1) is 0 Å². The van der Waals surface area contributed by atoms with Gasteiger partial charge >= 0.3 is 0 Å². The lowest BCUT2D eigenvalue weighted by Crippen LogP contribution is -3.00. The molecule has 0 unspecified atom stereocenters. The first-order valence-corrected chi connectivity index (χ1v) is 2.23. The zero-order chi connectivity index (χ0) is 5.91. The van der Waals surface area contributed by atoms with Gasteiger partial charge in [-0.25, -0.2) is 5.21 Å². The average Bonchev–Trinajstić information content (AvgIpc) is 1.30. The molecule has 0 spiro atoms. The highest BCUT2D eigenvalue weighted by Crippen LogP contribution is 1.85. The minimum atomic E-state index is -0.0243. The van der Waals surface area contributed by atoms with Gasteiger partial charge in [0.15, 0.2) is 0 Å². The number of hydroxylamine groups is 3. The summed E-state index contributed by atoms with van der Waals surface area (Å²) in [4.78, 5) is 0. The second-order valence-electron chi connectivity index (χ2n) is 2.09. The predicted octanol–water partition coefficient (Wildman–Crippen LogP) is -2.36. The largest absolute Gasteiger partial charge is 1.00 e. The van der Waals surface area contributed by atoms with Crippen molar-refractivity contribution in [1.82, 2.24) is 0 Å². The van der Waals surface area contributed by atoms with E-state index in [4.69, 9.17) is 5.21 Å². The highest BCUT2D eigenvalue weighted by atomic mass is 35.5. The Hall–Kier alpha value is -0.0500. The first kappa shape index (κ1) is 10.8. The smallest absolute Gasteiger partial charge is 0.126 e. The van der Waals surface area contributed by atoms with Crippen molar-refractivity contribution in [3.05, 3.63) is 12.7 Å². The normalized spacial score (nSPS) is 9.88. The lowest BCUT2D eigenvalue weighted by molar-refractivity contribution is -1.07. The molecule has 0 aromatic carbocycles. The maximum absolute atomic E-state index is 8.88. The monoisotopic (exact) mass is 137 g/mol. The molecule has 0 aliphatic carbocycles. The average molecular weight is 138 g/mol. The first-order valence-electron chi connectivity index (χ1n) is 2.23. The molecule has 0 aromatic heterocycles. The van der Waals surface area contributed by atoms with Gasteiger partial charge in [-0.1, -0.05) is 6.58 Å². The van der Waals surface area contributed by atoms with Crippen LogP contribution in [0.3, 0.4) is 0 Å². The van der Waals surface area contributed by atoms with Gasteiger partial charge in [0.2, 0.25) is 0 Å². The fourth-order valence-electron chi connectivity index (χ4n) is 0.316. The molecule has 0 saturated carbocycles. The van der Waals surface area contributed by atoms with Crippen LogP contribution in [0.5, 0.6) is 0 Å². The maximum atomic E-state index is 8.88. The molecular weight excluding hydrogens is 126 g/mol. The zero-order valence-corrected chi connectivity index (χ0v) is 6.02. The van der Waals surface area contributed by atoms with Gasteiger partial charge in [-0.05, 0) is 6.08 Å². The summed E-state index contributed by atoms with van der Waals surface area (Å²) >= 11 is 0. The molecule has 0 aromatic rings. The van der Waals surface area contributed by atoms with E-state index in [9.17, 15) is 0 Å². The molecule has 8 heavy (non-hydrogen) atoms. The number of likely N-dealkylation sites (N-methyl/N-ethyl adjacent to an activating group) is 1. The summed E-state index contributed by atoms with van der Waals surface area (Å²) in [7, 11) is 3.39. The summed E-state index contributed by atoms with van der Waals surface area (Å²) in [5.74, 6) is 0. The second kappa shape index (κ2) is 3.89. The number of nitrogens with zero attached hydrogens (tertiary/aromatic N) is 1. The van der Waals surface area contributed by atoms with Gasteiger partial charge in [0.05, 0.1) is 14.1 Å². The molecule has 0 aliphatic heterocycles. The summed E-state index contributed by atoms with van der Waals surface area (Å²) in [6, 6.07) is 0. The molecule has 0 bridgehead atoms. The van der Waals surface area contributed by atoms with Gasteiger partial charge in [-0.3, -0.25) is 0 Å². The molecule has 1 N–H and O–H groups in total. The van der Waals surface area contributed by atoms with E-state index in [1.165, 1.54) is 0 Å². The third-order valence-electron chi connectivity index (χ3n) is 0.576. The Balaban J connectivity index is 0. The van der Waals surface area contributed by atoms with Crippen molar-refractivity contribution in [1.29, 1.82) is 0 Å². The van der Waals surface area contributed by atoms with Crippen molar-refractivity contribution in [2.75, 3.05) is 20.6 Å². The van der Waals surface area contributed by atoms with Crippen LogP contribution in [0.1, 0.15) is 0 Å². The molecular formula is C5H12ClNO. The molecule has 0 saturated heterocycles. The molecule has 2 nitrogen and oxygen atoms in total. The second-order valence-corrected chi connectivity index (χ2v) is 2.09. The van der Waals surface area contributed by atoms with Crippen LogP contribution in [-0.4, -0.2) is 30.5 Å². The Kier molecular flexibility index (Phi) is 5.28. The molecule has 0 radical (unpaired) electrons. The number of rotatable bonds is 2. The molecule has 50 valence electrons. The van der Waals surface area contributed by atoms with Crippen LogP contribution < -0.4 is 12.4 Å². The van der Waals surface area contributed by atoms with Crippen LogP contribution in [-0.2, 0) is 0 Å². The highest BCUT2D eigenvalue weighted by molar-refractivity contribution is 4.62. The van der Waals surface area contributed by atoms with Gasteiger partial charge in [-0.2, -0.15) is 4.65 Å². The van der Waals surface area contributed by atoms with Crippen LogP contribution in [0.2, 0.25) is 0 Å². The van der Waals surface area contributed by atoms with Crippen molar-refractivity contribution in [2.45, 2.75) is 0 Å². The van der Waals surface area contributed by atoms with Crippen molar-refractivity contribution in [3.8, 4) is 0 Å². The molecule has 3 heteroatoms. The van der Waals surface area contributed by atoms with E-state index in [-0.39, 0.29) is 17.1 Å². The zero-order valence-electron chi connectivity index (χ0n) is 5.26. The molecule has 0 heterocycles. The first-order chi connectivity index (χ1) is 3.06. The molecule has 0 rings (SSSR count). The molecule has 0 amide bonds. The number of hydrogen-bond donors (Lipinski definition) is 1. The van der Waals surface area contributed by atoms with Gasteiger partial charge in [-0.15, -0.1) is 0 Å². The SMILES string of the molecule is C=CC[N+](C)(C)O.[Cl-]. The van der Waals surface area contributed by atoms with Gasteiger partial charge in [0.1, 0.15) is 6.54 Å². The summed E-state index contributed by atoms with van der Waals surface area (Å²) in [5, 5.41) is 8.88. The molecule has 0 fully saturated rings. The van der Waals surface area contributed by atoms with Crippen molar-refractivity contribution < 1.29 is 22.3 Å². The van der Waals surface area contributed by atoms with E-state index in [2.05, 4.69) is 6.58 Å². The summed E-state index contributed by atoms with van der Waals surface area (Å²) in [5.41, 5.74) is 0. The van der Waals surface area contributed by atoms with Crippen LogP contribution in [0.15, 0.2) is 12.7 Å². The molecule has 0 atom stereocenters. The summed E-state index contributed by atoms with van der Waals surface area (Å²) in [6.07, 6.45) is 1.68.